The summed E-state index contributed by atoms with van der Waals surface area (Å²) in [6, 6.07) is 4.24. The number of ether oxygens (including phenoxy) is 1. The summed E-state index contributed by atoms with van der Waals surface area (Å²) in [6.07, 6.45) is 0.911. The molecule has 2 N–H and O–H groups in total. The van der Waals surface area contributed by atoms with Gasteiger partial charge in [0.25, 0.3) is 0 Å². The van der Waals surface area contributed by atoms with Crippen molar-refractivity contribution in [1.82, 2.24) is 0 Å². The van der Waals surface area contributed by atoms with Crippen LogP contribution in [0, 0.1) is 6.92 Å². The molecule has 0 aromatic heterocycles. The monoisotopic (exact) mass is 241 g/mol. The first kappa shape index (κ1) is 9.03. The number of rotatable bonds is 0. The number of fused-ring (bicyclic) bond motifs is 1. The molecular formula is C10H12BrNO. The van der Waals surface area contributed by atoms with E-state index in [1.54, 1.807) is 0 Å². The van der Waals surface area contributed by atoms with Crippen LogP contribution in [0.3, 0.4) is 0 Å². The Morgan fingerprint density at radius 1 is 1.54 bits per heavy atom. The van der Waals surface area contributed by atoms with Gasteiger partial charge in [-0.25, -0.2) is 0 Å². The maximum atomic E-state index is 5.97. The van der Waals surface area contributed by atoms with Crippen LogP contribution in [0.2, 0.25) is 0 Å². The number of halogens is 1. The third kappa shape index (κ3) is 1.58. The molecule has 1 heterocycles. The highest BCUT2D eigenvalue weighted by atomic mass is 79.9. The van der Waals surface area contributed by atoms with Crippen molar-refractivity contribution in [3.8, 4) is 5.75 Å². The molecule has 0 spiro atoms. The summed E-state index contributed by atoms with van der Waals surface area (Å²) < 4.78 is 6.60. The molecule has 0 amide bonds. The Balaban J connectivity index is 2.52. The molecule has 1 aromatic carbocycles. The van der Waals surface area contributed by atoms with Crippen LogP contribution in [0.25, 0.3) is 0 Å². The van der Waals surface area contributed by atoms with Gasteiger partial charge in [0.05, 0.1) is 6.61 Å². The SMILES string of the molecule is Cc1cc2c(cc1Br)OCC[C@H]2N. The first-order valence-corrected chi connectivity index (χ1v) is 5.16. The van der Waals surface area contributed by atoms with Crippen LogP contribution in [0.15, 0.2) is 16.6 Å². The van der Waals surface area contributed by atoms with E-state index in [2.05, 4.69) is 28.9 Å². The average molecular weight is 242 g/mol. The second-order valence-electron chi connectivity index (χ2n) is 3.38. The third-order valence-corrected chi connectivity index (χ3v) is 3.23. The quantitative estimate of drug-likeness (QED) is 0.758. The molecule has 1 aromatic rings. The molecule has 2 nitrogen and oxygen atoms in total. The summed E-state index contributed by atoms with van der Waals surface area (Å²) >= 11 is 3.47. The number of aryl methyl sites for hydroxylation is 1. The third-order valence-electron chi connectivity index (χ3n) is 2.38. The maximum Gasteiger partial charge on any atom is 0.125 e. The van der Waals surface area contributed by atoms with Gasteiger partial charge in [0.2, 0.25) is 0 Å². The molecule has 1 atom stereocenters. The normalized spacial score (nSPS) is 20.7. The number of hydrogen-bond acceptors (Lipinski definition) is 2. The second-order valence-corrected chi connectivity index (χ2v) is 4.24. The molecular weight excluding hydrogens is 230 g/mol. The van der Waals surface area contributed by atoms with Gasteiger partial charge >= 0.3 is 0 Å². The van der Waals surface area contributed by atoms with Gasteiger partial charge in [-0.1, -0.05) is 15.9 Å². The van der Waals surface area contributed by atoms with Gasteiger partial charge in [-0.05, 0) is 24.6 Å². The fraction of sp³-hybridized carbons (Fsp3) is 0.400. The van der Waals surface area contributed by atoms with Gasteiger partial charge in [0.1, 0.15) is 5.75 Å². The van der Waals surface area contributed by atoms with E-state index in [-0.39, 0.29) is 6.04 Å². The fourth-order valence-corrected chi connectivity index (χ4v) is 1.87. The van der Waals surface area contributed by atoms with Crippen LogP contribution in [-0.2, 0) is 0 Å². The van der Waals surface area contributed by atoms with Crippen LogP contribution in [0.4, 0.5) is 0 Å². The van der Waals surface area contributed by atoms with Crippen molar-refractivity contribution in [1.29, 1.82) is 0 Å². The number of nitrogens with two attached hydrogens (primary N) is 1. The molecule has 1 aliphatic rings. The summed E-state index contributed by atoms with van der Waals surface area (Å²) in [5.41, 5.74) is 8.31. The van der Waals surface area contributed by atoms with Crippen molar-refractivity contribution < 1.29 is 4.74 Å². The van der Waals surface area contributed by atoms with E-state index < -0.39 is 0 Å². The molecule has 0 radical (unpaired) electrons. The van der Waals surface area contributed by atoms with Crippen LogP contribution in [0.1, 0.15) is 23.6 Å². The van der Waals surface area contributed by atoms with Crippen LogP contribution < -0.4 is 10.5 Å². The Labute approximate surface area is 86.2 Å². The topological polar surface area (TPSA) is 35.2 Å². The predicted molar refractivity (Wildman–Crippen MR) is 55.9 cm³/mol. The van der Waals surface area contributed by atoms with Crippen molar-refractivity contribution in [2.75, 3.05) is 6.61 Å². The molecule has 0 saturated carbocycles. The van der Waals surface area contributed by atoms with E-state index >= 15 is 0 Å². The molecule has 0 bridgehead atoms. The van der Waals surface area contributed by atoms with Crippen molar-refractivity contribution >= 4 is 15.9 Å². The van der Waals surface area contributed by atoms with Crippen LogP contribution in [-0.4, -0.2) is 6.61 Å². The lowest BCUT2D eigenvalue weighted by Crippen LogP contribution is -2.20. The maximum absolute atomic E-state index is 5.97. The number of hydrogen-bond donors (Lipinski definition) is 1. The zero-order chi connectivity index (χ0) is 9.42. The van der Waals surface area contributed by atoms with E-state index in [0.29, 0.717) is 0 Å². The van der Waals surface area contributed by atoms with E-state index in [1.807, 2.05) is 6.07 Å². The van der Waals surface area contributed by atoms with Gasteiger partial charge in [-0.15, -0.1) is 0 Å². The first-order chi connectivity index (χ1) is 6.18. The molecule has 13 heavy (non-hydrogen) atoms. The minimum atomic E-state index is 0.135. The van der Waals surface area contributed by atoms with E-state index in [4.69, 9.17) is 10.5 Å². The Morgan fingerprint density at radius 2 is 2.31 bits per heavy atom. The molecule has 0 unspecified atom stereocenters. The molecule has 3 heteroatoms. The van der Waals surface area contributed by atoms with Gasteiger partial charge < -0.3 is 10.5 Å². The van der Waals surface area contributed by atoms with Gasteiger partial charge in [-0.3, -0.25) is 0 Å². The molecule has 0 fully saturated rings. The van der Waals surface area contributed by atoms with E-state index in [9.17, 15) is 0 Å². The zero-order valence-corrected chi connectivity index (χ0v) is 9.10. The molecule has 70 valence electrons. The summed E-state index contributed by atoms with van der Waals surface area (Å²) in [7, 11) is 0. The average Bonchev–Trinajstić information content (AvgIpc) is 2.09. The lowest BCUT2D eigenvalue weighted by molar-refractivity contribution is 0.268. The Hall–Kier alpha value is -0.540. The first-order valence-electron chi connectivity index (χ1n) is 4.37. The highest BCUT2D eigenvalue weighted by Gasteiger charge is 2.18. The van der Waals surface area contributed by atoms with Gasteiger partial charge in [0.15, 0.2) is 0 Å². The predicted octanol–water partition coefficient (Wildman–Crippen LogP) is 2.54. The van der Waals surface area contributed by atoms with Crippen molar-refractivity contribution in [2.45, 2.75) is 19.4 Å². The molecule has 0 aliphatic carbocycles. The summed E-state index contributed by atoms with van der Waals surface area (Å²) in [6.45, 7) is 2.79. The Morgan fingerprint density at radius 3 is 3.08 bits per heavy atom. The largest absolute Gasteiger partial charge is 0.493 e. The summed E-state index contributed by atoms with van der Waals surface area (Å²) in [5.74, 6) is 0.927. The highest BCUT2D eigenvalue weighted by Crippen LogP contribution is 2.34. The highest BCUT2D eigenvalue weighted by molar-refractivity contribution is 9.10. The zero-order valence-electron chi connectivity index (χ0n) is 7.51. The second kappa shape index (κ2) is 3.31. The van der Waals surface area contributed by atoms with Crippen LogP contribution in [0.5, 0.6) is 5.75 Å². The lowest BCUT2D eigenvalue weighted by Gasteiger charge is -2.23. The van der Waals surface area contributed by atoms with Crippen LogP contribution >= 0.6 is 15.9 Å². The Bertz CT molecular complexity index is 338. The van der Waals surface area contributed by atoms with Crippen molar-refractivity contribution in [3.05, 3.63) is 27.7 Å². The lowest BCUT2D eigenvalue weighted by atomic mass is 10.00. The molecule has 0 saturated heterocycles. The van der Waals surface area contributed by atoms with Crippen molar-refractivity contribution in [3.63, 3.8) is 0 Å². The summed E-state index contributed by atoms with van der Waals surface area (Å²) in [4.78, 5) is 0. The number of benzene rings is 1. The minimum absolute atomic E-state index is 0.135. The molecule has 2 rings (SSSR count). The minimum Gasteiger partial charge on any atom is -0.493 e. The standard InChI is InChI=1S/C10H12BrNO/c1-6-4-7-9(12)2-3-13-10(7)5-8(6)11/h4-5,9H,2-3,12H2,1H3/t9-/m1/s1. The van der Waals surface area contributed by atoms with E-state index in [1.165, 1.54) is 5.56 Å². The summed E-state index contributed by atoms with van der Waals surface area (Å²) in [5, 5.41) is 0. The molecule has 1 aliphatic heterocycles. The smallest absolute Gasteiger partial charge is 0.125 e. The Kier molecular flexibility index (Phi) is 2.30. The fourth-order valence-electron chi connectivity index (χ4n) is 1.55. The van der Waals surface area contributed by atoms with Gasteiger partial charge in [0, 0.05) is 22.5 Å². The van der Waals surface area contributed by atoms with Crippen molar-refractivity contribution in [2.24, 2.45) is 5.73 Å². The van der Waals surface area contributed by atoms with E-state index in [0.717, 1.165) is 28.8 Å². The van der Waals surface area contributed by atoms with Gasteiger partial charge in [-0.2, -0.15) is 0 Å².